The summed E-state index contributed by atoms with van der Waals surface area (Å²) in [6, 6.07) is 30.0. The van der Waals surface area contributed by atoms with Crippen LogP contribution in [0.25, 0.3) is 42.4 Å². The van der Waals surface area contributed by atoms with Crippen LogP contribution in [0.2, 0.25) is 0 Å². The second kappa shape index (κ2) is 7.26. The Balaban J connectivity index is 1.50. The van der Waals surface area contributed by atoms with E-state index in [0.29, 0.717) is 0 Å². The largest absolute Gasteiger partial charge is 0.497 e. The monoisotopic (exact) mass is 396 g/mol. The van der Waals surface area contributed by atoms with Gasteiger partial charge in [0.2, 0.25) is 0 Å². The van der Waals surface area contributed by atoms with E-state index < -0.39 is 0 Å². The van der Waals surface area contributed by atoms with Crippen LogP contribution in [0.5, 0.6) is 11.5 Å². The molecule has 4 aromatic carbocycles. The first kappa shape index (κ1) is 17.8. The first-order valence-corrected chi connectivity index (χ1v) is 10.3. The number of thiophene rings is 1. The average Bonchev–Trinajstić information content (AvgIpc) is 3.28. The number of benzene rings is 4. The van der Waals surface area contributed by atoms with Crippen molar-refractivity contribution in [2.75, 3.05) is 14.2 Å². The Morgan fingerprint density at radius 1 is 0.483 bits per heavy atom. The van der Waals surface area contributed by atoms with Gasteiger partial charge in [0, 0.05) is 9.75 Å². The van der Waals surface area contributed by atoms with Crippen molar-refractivity contribution < 1.29 is 9.47 Å². The van der Waals surface area contributed by atoms with E-state index >= 15 is 0 Å². The van der Waals surface area contributed by atoms with E-state index in [2.05, 4.69) is 72.8 Å². The summed E-state index contributed by atoms with van der Waals surface area (Å²) >= 11 is 1.82. The number of rotatable bonds is 4. The Labute approximate surface area is 174 Å². The molecule has 0 aliphatic carbocycles. The normalized spacial score (nSPS) is 11.1. The maximum Gasteiger partial charge on any atom is 0.119 e. The fraction of sp³-hybridized carbons (Fsp3) is 0.0769. The molecular formula is C26H20O2S. The minimum absolute atomic E-state index is 0.887. The zero-order valence-electron chi connectivity index (χ0n) is 16.3. The molecule has 29 heavy (non-hydrogen) atoms. The molecule has 0 aliphatic rings. The predicted octanol–water partition coefficient (Wildman–Crippen LogP) is 7.41. The molecule has 0 saturated heterocycles. The minimum Gasteiger partial charge on any atom is -0.497 e. The molecule has 0 radical (unpaired) electrons. The van der Waals surface area contributed by atoms with E-state index in [1.54, 1.807) is 14.2 Å². The average molecular weight is 397 g/mol. The Kier molecular flexibility index (Phi) is 4.45. The predicted molar refractivity (Wildman–Crippen MR) is 123 cm³/mol. The lowest BCUT2D eigenvalue weighted by atomic mass is 10.0. The number of methoxy groups -OCH3 is 2. The summed E-state index contributed by atoms with van der Waals surface area (Å²) in [5, 5.41) is 4.82. The molecule has 1 aromatic heterocycles. The number of ether oxygens (including phenoxy) is 2. The lowest BCUT2D eigenvalue weighted by Gasteiger charge is -2.05. The molecule has 0 aliphatic heterocycles. The molecule has 0 fully saturated rings. The first-order valence-electron chi connectivity index (χ1n) is 9.50. The van der Waals surface area contributed by atoms with Crippen molar-refractivity contribution >= 4 is 32.9 Å². The van der Waals surface area contributed by atoms with Gasteiger partial charge in [-0.3, -0.25) is 0 Å². The Hall–Kier alpha value is -3.30. The topological polar surface area (TPSA) is 18.5 Å². The summed E-state index contributed by atoms with van der Waals surface area (Å²) in [6.45, 7) is 0. The van der Waals surface area contributed by atoms with Crippen molar-refractivity contribution in [1.82, 2.24) is 0 Å². The number of fused-ring (bicyclic) bond motifs is 2. The molecule has 5 aromatic rings. The molecule has 0 saturated carbocycles. The van der Waals surface area contributed by atoms with Crippen LogP contribution in [0.15, 0.2) is 84.9 Å². The van der Waals surface area contributed by atoms with Gasteiger partial charge in [0.15, 0.2) is 0 Å². The van der Waals surface area contributed by atoms with Gasteiger partial charge in [-0.25, -0.2) is 0 Å². The van der Waals surface area contributed by atoms with Crippen LogP contribution < -0.4 is 9.47 Å². The molecule has 1 heterocycles. The molecule has 0 bridgehead atoms. The van der Waals surface area contributed by atoms with Crippen molar-refractivity contribution in [1.29, 1.82) is 0 Å². The van der Waals surface area contributed by atoms with Gasteiger partial charge in [0.1, 0.15) is 11.5 Å². The smallest absolute Gasteiger partial charge is 0.119 e. The van der Waals surface area contributed by atoms with Gasteiger partial charge < -0.3 is 9.47 Å². The van der Waals surface area contributed by atoms with Crippen molar-refractivity contribution in [3.63, 3.8) is 0 Å². The standard InChI is InChI=1S/C26H20O2S/c1-27-23-9-7-17-13-21(5-3-19(17)15-23)25-11-12-26(29-25)22-6-4-20-16-24(28-2)10-8-18(20)14-22/h3-16H,1-2H3. The molecule has 3 heteroatoms. The molecular weight excluding hydrogens is 376 g/mol. The van der Waals surface area contributed by atoms with Gasteiger partial charge in [-0.2, -0.15) is 0 Å². The van der Waals surface area contributed by atoms with Crippen LogP contribution in [0.1, 0.15) is 0 Å². The highest BCUT2D eigenvalue weighted by atomic mass is 32.1. The second-order valence-corrected chi connectivity index (χ2v) is 8.10. The van der Waals surface area contributed by atoms with Crippen LogP contribution in [-0.2, 0) is 0 Å². The quantitative estimate of drug-likeness (QED) is 0.315. The SMILES string of the molecule is COc1ccc2cc(-c3ccc(-c4ccc5cc(OC)ccc5c4)s3)ccc2c1. The zero-order valence-corrected chi connectivity index (χ0v) is 17.1. The fourth-order valence-corrected chi connectivity index (χ4v) is 4.66. The summed E-state index contributed by atoms with van der Waals surface area (Å²) in [6.07, 6.45) is 0. The molecule has 0 N–H and O–H groups in total. The summed E-state index contributed by atoms with van der Waals surface area (Å²) in [5.74, 6) is 1.77. The van der Waals surface area contributed by atoms with Crippen molar-refractivity contribution in [2.24, 2.45) is 0 Å². The van der Waals surface area contributed by atoms with E-state index in [0.717, 1.165) is 11.5 Å². The van der Waals surface area contributed by atoms with Crippen molar-refractivity contribution in [3.8, 4) is 32.4 Å². The van der Waals surface area contributed by atoms with Gasteiger partial charge >= 0.3 is 0 Å². The fourth-order valence-electron chi connectivity index (χ4n) is 3.66. The van der Waals surface area contributed by atoms with E-state index in [9.17, 15) is 0 Å². The highest BCUT2D eigenvalue weighted by Gasteiger charge is 2.08. The van der Waals surface area contributed by atoms with Gasteiger partial charge in [0.05, 0.1) is 14.2 Å². The second-order valence-electron chi connectivity index (χ2n) is 7.02. The van der Waals surface area contributed by atoms with Crippen LogP contribution in [-0.4, -0.2) is 14.2 Å². The van der Waals surface area contributed by atoms with Gasteiger partial charge in [0.25, 0.3) is 0 Å². The van der Waals surface area contributed by atoms with E-state index in [1.807, 2.05) is 23.5 Å². The summed E-state index contributed by atoms with van der Waals surface area (Å²) in [7, 11) is 3.40. The van der Waals surface area contributed by atoms with Crippen molar-refractivity contribution in [2.45, 2.75) is 0 Å². The Bertz CT molecular complexity index is 1230. The van der Waals surface area contributed by atoms with E-state index in [-0.39, 0.29) is 0 Å². The number of hydrogen-bond acceptors (Lipinski definition) is 3. The molecule has 0 amide bonds. The summed E-state index contributed by atoms with van der Waals surface area (Å²) in [4.78, 5) is 2.54. The lowest BCUT2D eigenvalue weighted by Crippen LogP contribution is -1.82. The molecule has 5 rings (SSSR count). The maximum atomic E-state index is 5.33. The third-order valence-corrected chi connectivity index (χ3v) is 6.45. The highest BCUT2D eigenvalue weighted by molar-refractivity contribution is 7.18. The molecule has 0 spiro atoms. The van der Waals surface area contributed by atoms with Gasteiger partial charge in [-0.15, -0.1) is 11.3 Å². The molecule has 2 nitrogen and oxygen atoms in total. The van der Waals surface area contributed by atoms with Crippen LogP contribution in [0.4, 0.5) is 0 Å². The maximum absolute atomic E-state index is 5.33. The van der Waals surface area contributed by atoms with Gasteiger partial charge in [-0.1, -0.05) is 36.4 Å². The van der Waals surface area contributed by atoms with E-state index in [4.69, 9.17) is 9.47 Å². The first-order chi connectivity index (χ1) is 14.2. The molecule has 0 atom stereocenters. The minimum atomic E-state index is 0.887. The van der Waals surface area contributed by atoms with Crippen LogP contribution >= 0.6 is 11.3 Å². The Morgan fingerprint density at radius 2 is 0.897 bits per heavy atom. The number of hydrogen-bond donors (Lipinski definition) is 0. The third kappa shape index (κ3) is 3.34. The van der Waals surface area contributed by atoms with E-state index in [1.165, 1.54) is 42.4 Å². The van der Waals surface area contributed by atoms with Crippen molar-refractivity contribution in [3.05, 3.63) is 84.9 Å². The van der Waals surface area contributed by atoms with Crippen LogP contribution in [0, 0.1) is 0 Å². The summed E-state index contributed by atoms with van der Waals surface area (Å²) < 4.78 is 10.7. The zero-order chi connectivity index (χ0) is 19.8. The molecule has 142 valence electrons. The van der Waals surface area contributed by atoms with Gasteiger partial charge in [-0.05, 0) is 81.2 Å². The molecule has 0 unspecified atom stereocenters. The van der Waals surface area contributed by atoms with Crippen LogP contribution in [0.3, 0.4) is 0 Å². The third-order valence-electron chi connectivity index (χ3n) is 5.27. The Morgan fingerprint density at radius 3 is 1.34 bits per heavy atom. The summed E-state index contributed by atoms with van der Waals surface area (Å²) in [5.41, 5.74) is 2.48. The highest BCUT2D eigenvalue weighted by Crippen LogP contribution is 2.37. The lowest BCUT2D eigenvalue weighted by molar-refractivity contribution is 0.415.